The van der Waals surface area contributed by atoms with Crippen LogP contribution in [0.5, 0.6) is 17.2 Å². The molecule has 0 amide bonds. The molecule has 1 aliphatic heterocycles. The summed E-state index contributed by atoms with van der Waals surface area (Å²) >= 11 is 0. The van der Waals surface area contributed by atoms with Gasteiger partial charge in [-0.1, -0.05) is 66.7 Å². The zero-order valence-electron chi connectivity index (χ0n) is 35.9. The molecular formula is C46H52N5O10P. The van der Waals surface area contributed by atoms with Crippen molar-refractivity contribution in [2.24, 2.45) is 0 Å². The van der Waals surface area contributed by atoms with E-state index in [1.54, 1.807) is 32.4 Å². The van der Waals surface area contributed by atoms with Gasteiger partial charge in [-0.2, -0.15) is 19.6 Å². The highest BCUT2D eigenvalue weighted by atomic mass is 31.2. The molecule has 1 unspecified atom stereocenters. The van der Waals surface area contributed by atoms with Gasteiger partial charge in [-0.3, -0.25) is 9.59 Å². The molecule has 1 saturated heterocycles. The molecule has 2 heterocycles. The number of hydrogen-bond donors (Lipinski definition) is 0. The maximum atomic E-state index is 14.2. The number of ether oxygens (including phenoxy) is 5. The SMILES string of the molecule is COc1ccc(C(OC[C@H]2O[C@@H](n3ncc(=O)n(C(=O)c4ccccc4OC)c3=O)C[C@@H]2OP(OCCC#N)N(C(C)C)C(C)C)(c2ccccc2)c2ccc(OC)cc2)cc1. The van der Waals surface area contributed by atoms with Crippen molar-refractivity contribution in [3.05, 3.63) is 152 Å². The predicted octanol–water partition coefficient (Wildman–Crippen LogP) is 7.08. The maximum Gasteiger partial charge on any atom is 0.357 e. The van der Waals surface area contributed by atoms with Crippen molar-refractivity contribution in [2.75, 3.05) is 34.5 Å². The highest BCUT2D eigenvalue weighted by Crippen LogP contribution is 2.50. The first-order valence-electron chi connectivity index (χ1n) is 20.2. The third-order valence-electron chi connectivity index (χ3n) is 10.4. The Hall–Kier alpha value is -5.72. The Kier molecular flexibility index (Phi) is 15.4. The molecule has 0 N–H and O–H groups in total. The topological polar surface area (TPSA) is 166 Å². The number of nitriles is 1. The van der Waals surface area contributed by atoms with Gasteiger partial charge in [0, 0.05) is 18.5 Å². The smallest absolute Gasteiger partial charge is 0.357 e. The van der Waals surface area contributed by atoms with Gasteiger partial charge in [-0.05, 0) is 80.8 Å². The van der Waals surface area contributed by atoms with E-state index in [1.807, 2.05) is 107 Å². The van der Waals surface area contributed by atoms with E-state index in [0.29, 0.717) is 16.1 Å². The number of para-hydroxylation sites is 1. The number of benzene rings is 4. The van der Waals surface area contributed by atoms with Crippen LogP contribution in [0.3, 0.4) is 0 Å². The second kappa shape index (κ2) is 20.9. The Balaban J connectivity index is 1.46. The second-order valence-electron chi connectivity index (χ2n) is 14.9. The van der Waals surface area contributed by atoms with E-state index in [4.69, 9.17) is 32.7 Å². The minimum absolute atomic E-state index is 0.0132. The fourth-order valence-electron chi connectivity index (χ4n) is 7.54. The van der Waals surface area contributed by atoms with Crippen LogP contribution >= 0.6 is 8.53 Å². The van der Waals surface area contributed by atoms with Crippen LogP contribution in [-0.4, -0.2) is 83.8 Å². The lowest BCUT2D eigenvalue weighted by Crippen LogP contribution is -2.46. The van der Waals surface area contributed by atoms with Gasteiger partial charge in [0.05, 0.1) is 58.7 Å². The van der Waals surface area contributed by atoms with E-state index < -0.39 is 49.7 Å². The lowest BCUT2D eigenvalue weighted by Gasteiger charge is -2.39. The summed E-state index contributed by atoms with van der Waals surface area (Å²) in [5.74, 6) is 0.628. The number of aromatic nitrogens is 3. The van der Waals surface area contributed by atoms with Gasteiger partial charge in [0.15, 0.2) is 6.23 Å². The molecule has 4 atom stereocenters. The van der Waals surface area contributed by atoms with Gasteiger partial charge in [0.2, 0.25) is 0 Å². The van der Waals surface area contributed by atoms with Gasteiger partial charge >= 0.3 is 5.69 Å². The van der Waals surface area contributed by atoms with Gasteiger partial charge < -0.3 is 32.7 Å². The summed E-state index contributed by atoms with van der Waals surface area (Å²) in [6.07, 6.45) is -1.67. The summed E-state index contributed by atoms with van der Waals surface area (Å²) in [7, 11) is 2.80. The Labute approximate surface area is 362 Å². The zero-order valence-corrected chi connectivity index (χ0v) is 36.8. The summed E-state index contributed by atoms with van der Waals surface area (Å²) in [4.78, 5) is 41.3. The Bertz CT molecular complexity index is 2360. The van der Waals surface area contributed by atoms with E-state index in [-0.39, 0.29) is 49.5 Å². The summed E-state index contributed by atoms with van der Waals surface area (Å²) in [5, 5.41) is 13.6. The number of methoxy groups -OCH3 is 3. The maximum absolute atomic E-state index is 14.2. The molecule has 16 heteroatoms. The summed E-state index contributed by atoms with van der Waals surface area (Å²) < 4.78 is 47.2. The fourth-order valence-corrected chi connectivity index (χ4v) is 9.30. The Morgan fingerprint density at radius 2 is 1.44 bits per heavy atom. The number of rotatable bonds is 19. The molecule has 326 valence electrons. The van der Waals surface area contributed by atoms with Gasteiger partial charge in [0.1, 0.15) is 35.2 Å². The standard InChI is InChI=1S/C46H52N5O10P/c1-31(2)51(32(3)4)62(59-27-13-26-47)61-40-28-43(50-45(54)49(42(52)29-48-50)44(53)38-16-11-12-17-39(38)57-7)60-41(40)30-58-46(33-14-9-8-10-15-33,34-18-22-36(55-5)23-19-34)35-20-24-37(56-6)25-21-35/h8-12,14-25,29,31-32,40-41,43H,13,27-28,30H2,1-7H3/t40-,41+,43+,62?/m0/s1. The first-order chi connectivity index (χ1) is 30.0. The van der Waals surface area contributed by atoms with Crippen LogP contribution in [-0.2, 0) is 24.1 Å². The van der Waals surface area contributed by atoms with Gasteiger partial charge in [-0.25, -0.2) is 9.46 Å². The molecule has 0 saturated carbocycles. The van der Waals surface area contributed by atoms with Crippen molar-refractivity contribution in [3.63, 3.8) is 0 Å². The molecule has 4 aromatic carbocycles. The van der Waals surface area contributed by atoms with E-state index >= 15 is 0 Å². The Morgan fingerprint density at radius 1 is 0.855 bits per heavy atom. The quantitative estimate of drug-likeness (QED) is 0.0470. The minimum Gasteiger partial charge on any atom is -0.497 e. The van der Waals surface area contributed by atoms with Crippen molar-refractivity contribution < 1.29 is 37.5 Å². The largest absolute Gasteiger partial charge is 0.497 e. The predicted molar refractivity (Wildman–Crippen MR) is 232 cm³/mol. The molecule has 1 aromatic heterocycles. The molecule has 0 radical (unpaired) electrons. The van der Waals surface area contributed by atoms with Gasteiger partial charge in [-0.15, -0.1) is 0 Å². The monoisotopic (exact) mass is 865 g/mol. The van der Waals surface area contributed by atoms with Crippen molar-refractivity contribution in [1.29, 1.82) is 5.26 Å². The third-order valence-corrected chi connectivity index (χ3v) is 12.6. The molecule has 1 aliphatic rings. The van der Waals surface area contributed by atoms with Crippen LogP contribution in [0.15, 0.2) is 119 Å². The number of carbonyl (C=O) groups excluding carboxylic acids is 1. The van der Waals surface area contributed by atoms with Crippen LogP contribution in [0.4, 0.5) is 0 Å². The normalized spacial score (nSPS) is 17.0. The lowest BCUT2D eigenvalue weighted by atomic mass is 9.80. The molecule has 0 aliphatic carbocycles. The first kappa shape index (κ1) is 45.8. The number of hydrogen-bond acceptors (Lipinski definition) is 13. The van der Waals surface area contributed by atoms with E-state index in [0.717, 1.165) is 27.6 Å². The average Bonchev–Trinajstić information content (AvgIpc) is 3.68. The number of nitrogens with zero attached hydrogens (tertiary/aromatic N) is 5. The summed E-state index contributed by atoms with van der Waals surface area (Å²) in [6, 6.07) is 33.4. The van der Waals surface area contributed by atoms with Crippen LogP contribution in [0.2, 0.25) is 0 Å². The van der Waals surface area contributed by atoms with Crippen LogP contribution in [0.25, 0.3) is 0 Å². The Morgan fingerprint density at radius 3 is 2.00 bits per heavy atom. The van der Waals surface area contributed by atoms with Gasteiger partial charge in [0.25, 0.3) is 20.0 Å². The van der Waals surface area contributed by atoms with Crippen LogP contribution in [0, 0.1) is 11.3 Å². The number of carbonyl (C=O) groups is 1. The minimum atomic E-state index is -1.80. The highest BCUT2D eigenvalue weighted by Gasteiger charge is 2.45. The molecule has 6 rings (SSSR count). The molecule has 15 nitrogen and oxygen atoms in total. The van der Waals surface area contributed by atoms with Crippen molar-refractivity contribution in [1.82, 2.24) is 19.0 Å². The van der Waals surface area contributed by atoms with Crippen molar-refractivity contribution >= 4 is 14.4 Å². The molecule has 0 bridgehead atoms. The third kappa shape index (κ3) is 9.82. The average molecular weight is 866 g/mol. The molecule has 0 spiro atoms. The summed E-state index contributed by atoms with van der Waals surface area (Å²) in [6.45, 7) is 8.16. The lowest BCUT2D eigenvalue weighted by molar-refractivity contribution is -0.0951. The van der Waals surface area contributed by atoms with Crippen molar-refractivity contribution in [3.8, 4) is 23.3 Å². The van der Waals surface area contributed by atoms with E-state index in [9.17, 15) is 19.6 Å². The molecular weight excluding hydrogens is 814 g/mol. The molecule has 1 fully saturated rings. The van der Waals surface area contributed by atoms with Crippen LogP contribution < -0.4 is 25.5 Å². The fraction of sp³-hybridized carbons (Fsp3) is 0.370. The van der Waals surface area contributed by atoms with Crippen molar-refractivity contribution in [2.45, 2.75) is 76.7 Å². The van der Waals surface area contributed by atoms with E-state index in [1.165, 1.54) is 13.2 Å². The zero-order chi connectivity index (χ0) is 44.4. The highest BCUT2D eigenvalue weighted by molar-refractivity contribution is 7.44. The second-order valence-corrected chi connectivity index (χ2v) is 16.3. The molecule has 62 heavy (non-hydrogen) atoms. The summed E-state index contributed by atoms with van der Waals surface area (Å²) in [5.41, 5.74) is -0.751. The van der Waals surface area contributed by atoms with Crippen LogP contribution in [0.1, 0.15) is 73.8 Å². The molecule has 5 aromatic rings. The first-order valence-corrected chi connectivity index (χ1v) is 21.4. The van der Waals surface area contributed by atoms with E-state index in [2.05, 4.69) is 15.8 Å².